The summed E-state index contributed by atoms with van der Waals surface area (Å²) in [4.78, 5) is 47.4. The fourth-order valence-corrected chi connectivity index (χ4v) is 2.75. The summed E-state index contributed by atoms with van der Waals surface area (Å²) < 4.78 is 11.2. The number of nitrogen functional groups attached to an aromatic ring is 4. The average Bonchev–Trinajstić information content (AvgIpc) is 2.86. The van der Waals surface area contributed by atoms with Crippen LogP contribution in [0.3, 0.4) is 0 Å². The molecule has 14 nitrogen and oxygen atoms in total. The fourth-order valence-electron chi connectivity index (χ4n) is 2.75. The van der Waals surface area contributed by atoms with E-state index in [1.54, 1.807) is 0 Å². The molecule has 0 atom stereocenters. The Hall–Kier alpha value is -4.24. The third kappa shape index (κ3) is 6.37. The van der Waals surface area contributed by atoms with Crippen LogP contribution in [0.5, 0.6) is 11.5 Å². The highest BCUT2D eigenvalue weighted by Gasteiger charge is 2.18. The van der Waals surface area contributed by atoms with E-state index in [-0.39, 0.29) is 35.5 Å². The molecule has 176 valence electrons. The zero-order chi connectivity index (χ0) is 24.4. The van der Waals surface area contributed by atoms with Crippen LogP contribution in [0.15, 0.2) is 36.4 Å². The first-order valence-corrected chi connectivity index (χ1v) is 9.43. The van der Waals surface area contributed by atoms with Crippen LogP contribution in [0.25, 0.3) is 0 Å². The Morgan fingerprint density at radius 1 is 0.576 bits per heavy atom. The van der Waals surface area contributed by atoms with Crippen molar-refractivity contribution in [1.82, 2.24) is 21.7 Å². The van der Waals surface area contributed by atoms with Gasteiger partial charge >= 0.3 is 0 Å². The van der Waals surface area contributed by atoms with Crippen molar-refractivity contribution in [2.45, 2.75) is 6.42 Å². The van der Waals surface area contributed by atoms with Gasteiger partial charge in [0.2, 0.25) is 0 Å². The highest BCUT2D eigenvalue weighted by molar-refractivity contribution is 6.08. The Kier molecular flexibility index (Phi) is 9.07. The molecule has 0 fully saturated rings. The SMILES string of the molecule is NNC(=O)c1ccc(OCCCOc2ccc(C(=O)NN)c(C(=O)NN)c2)cc1C(=O)NN. The number of benzene rings is 2. The molecule has 2 aromatic rings. The Morgan fingerprint density at radius 3 is 1.24 bits per heavy atom. The predicted octanol–water partition coefficient (Wildman–Crippen LogP) is -2.05. The number of ether oxygens (including phenoxy) is 2. The number of nitrogens with two attached hydrogens (primary N) is 4. The number of hydrazine groups is 4. The van der Waals surface area contributed by atoms with Crippen molar-refractivity contribution in [2.24, 2.45) is 23.4 Å². The van der Waals surface area contributed by atoms with Crippen molar-refractivity contribution < 1.29 is 28.7 Å². The maximum atomic E-state index is 11.9. The molecule has 0 unspecified atom stereocenters. The van der Waals surface area contributed by atoms with Crippen molar-refractivity contribution in [3.8, 4) is 11.5 Å². The first-order chi connectivity index (χ1) is 15.9. The van der Waals surface area contributed by atoms with E-state index in [0.29, 0.717) is 17.9 Å². The molecule has 2 rings (SSSR count). The quantitative estimate of drug-likeness (QED) is 0.0835. The first kappa shape index (κ1) is 25.0. The molecule has 0 heterocycles. The maximum absolute atomic E-state index is 11.9. The van der Waals surface area contributed by atoms with E-state index < -0.39 is 23.6 Å². The van der Waals surface area contributed by atoms with Crippen LogP contribution < -0.4 is 54.5 Å². The second-order valence-corrected chi connectivity index (χ2v) is 6.36. The minimum atomic E-state index is -0.688. The maximum Gasteiger partial charge on any atom is 0.266 e. The number of hydrogen-bond donors (Lipinski definition) is 8. The van der Waals surface area contributed by atoms with E-state index >= 15 is 0 Å². The number of carbonyl (C=O) groups excluding carboxylic acids is 4. The van der Waals surface area contributed by atoms with Gasteiger partial charge in [0.15, 0.2) is 0 Å². The van der Waals surface area contributed by atoms with E-state index in [0.717, 1.165) is 0 Å². The molecule has 0 saturated heterocycles. The van der Waals surface area contributed by atoms with Gasteiger partial charge in [-0.15, -0.1) is 0 Å². The van der Waals surface area contributed by atoms with Gasteiger partial charge in [0.25, 0.3) is 23.6 Å². The van der Waals surface area contributed by atoms with Crippen molar-refractivity contribution in [2.75, 3.05) is 13.2 Å². The summed E-state index contributed by atoms with van der Waals surface area (Å²) in [5, 5.41) is 0. The number of amides is 4. The lowest BCUT2D eigenvalue weighted by Crippen LogP contribution is -2.35. The number of nitrogens with one attached hydrogen (secondary N) is 4. The predicted molar refractivity (Wildman–Crippen MR) is 115 cm³/mol. The molecule has 0 radical (unpaired) electrons. The van der Waals surface area contributed by atoms with Crippen molar-refractivity contribution in [3.63, 3.8) is 0 Å². The molecule has 0 aromatic heterocycles. The normalized spacial score (nSPS) is 10.1. The molecule has 4 amide bonds. The average molecular weight is 460 g/mol. The number of hydrogen-bond acceptors (Lipinski definition) is 10. The Bertz CT molecular complexity index is 963. The molecular weight excluding hydrogens is 436 g/mol. The number of carbonyl (C=O) groups is 4. The standard InChI is InChI=1S/C19H24N8O6/c20-24-16(28)12-4-2-10(8-14(12)18(30)26-22)32-6-1-7-33-11-3-5-13(17(29)25-21)15(9-11)19(31)27-23/h2-5,8-9H,1,6-7,20-23H2,(H,24,28)(H,25,29)(H,26,30)(H,27,31). The van der Waals surface area contributed by atoms with Gasteiger partial charge in [-0.25, -0.2) is 23.4 Å². The molecular formula is C19H24N8O6. The van der Waals surface area contributed by atoms with E-state index in [2.05, 4.69) is 0 Å². The van der Waals surface area contributed by atoms with E-state index in [1.165, 1.54) is 36.4 Å². The molecule has 0 bridgehead atoms. The van der Waals surface area contributed by atoms with Crippen molar-refractivity contribution in [1.29, 1.82) is 0 Å². The van der Waals surface area contributed by atoms with Crippen LogP contribution in [0.2, 0.25) is 0 Å². The fraction of sp³-hybridized carbons (Fsp3) is 0.158. The molecule has 0 aliphatic heterocycles. The van der Waals surface area contributed by atoms with Crippen LogP contribution in [0.4, 0.5) is 0 Å². The molecule has 12 N–H and O–H groups in total. The van der Waals surface area contributed by atoms with Crippen LogP contribution in [0, 0.1) is 0 Å². The summed E-state index contributed by atoms with van der Waals surface area (Å²) >= 11 is 0. The zero-order valence-corrected chi connectivity index (χ0v) is 17.3. The second kappa shape index (κ2) is 12.0. The molecule has 2 aromatic carbocycles. The van der Waals surface area contributed by atoms with Crippen molar-refractivity contribution in [3.05, 3.63) is 58.7 Å². The van der Waals surface area contributed by atoms with Crippen LogP contribution >= 0.6 is 0 Å². The number of rotatable bonds is 10. The first-order valence-electron chi connectivity index (χ1n) is 9.43. The van der Waals surface area contributed by atoms with Gasteiger partial charge in [0, 0.05) is 6.42 Å². The van der Waals surface area contributed by atoms with E-state index in [4.69, 9.17) is 32.8 Å². The lowest BCUT2D eigenvalue weighted by atomic mass is 10.1. The Labute approximate surface area is 187 Å². The van der Waals surface area contributed by atoms with Gasteiger partial charge < -0.3 is 9.47 Å². The summed E-state index contributed by atoms with van der Waals surface area (Å²) in [5.74, 6) is 18.5. The van der Waals surface area contributed by atoms with Gasteiger partial charge in [-0.05, 0) is 36.4 Å². The summed E-state index contributed by atoms with van der Waals surface area (Å²) in [7, 11) is 0. The van der Waals surface area contributed by atoms with Gasteiger partial charge in [-0.2, -0.15) is 0 Å². The summed E-state index contributed by atoms with van der Waals surface area (Å²) in [5.41, 5.74) is 7.82. The third-order valence-electron chi connectivity index (χ3n) is 4.31. The molecule has 14 heteroatoms. The topological polar surface area (TPSA) is 239 Å². The summed E-state index contributed by atoms with van der Waals surface area (Å²) in [6.45, 7) is 0.409. The Balaban J connectivity index is 1.98. The minimum Gasteiger partial charge on any atom is -0.493 e. The highest BCUT2D eigenvalue weighted by Crippen LogP contribution is 2.20. The zero-order valence-electron chi connectivity index (χ0n) is 17.3. The minimum absolute atomic E-state index is 0.0125. The van der Waals surface area contributed by atoms with E-state index in [9.17, 15) is 19.2 Å². The van der Waals surface area contributed by atoms with Gasteiger partial charge in [-0.3, -0.25) is 40.9 Å². The van der Waals surface area contributed by atoms with Gasteiger partial charge in [0.1, 0.15) is 11.5 Å². The van der Waals surface area contributed by atoms with Crippen LogP contribution in [-0.4, -0.2) is 36.8 Å². The Morgan fingerprint density at radius 2 is 0.909 bits per heavy atom. The lowest BCUT2D eigenvalue weighted by molar-refractivity contribution is 0.0919. The summed E-state index contributed by atoms with van der Waals surface area (Å²) in [6, 6.07) is 8.46. The highest BCUT2D eigenvalue weighted by atomic mass is 16.5. The molecule has 33 heavy (non-hydrogen) atoms. The smallest absolute Gasteiger partial charge is 0.266 e. The third-order valence-corrected chi connectivity index (χ3v) is 4.31. The van der Waals surface area contributed by atoms with Crippen LogP contribution in [-0.2, 0) is 0 Å². The molecule has 0 aliphatic rings. The van der Waals surface area contributed by atoms with E-state index in [1.807, 2.05) is 21.7 Å². The molecule has 0 aliphatic carbocycles. The largest absolute Gasteiger partial charge is 0.493 e. The van der Waals surface area contributed by atoms with Gasteiger partial charge in [-0.1, -0.05) is 0 Å². The second-order valence-electron chi connectivity index (χ2n) is 6.36. The van der Waals surface area contributed by atoms with Crippen LogP contribution in [0.1, 0.15) is 47.9 Å². The monoisotopic (exact) mass is 460 g/mol. The van der Waals surface area contributed by atoms with Crippen molar-refractivity contribution >= 4 is 23.6 Å². The molecule has 0 spiro atoms. The lowest BCUT2D eigenvalue weighted by Gasteiger charge is -2.12. The van der Waals surface area contributed by atoms with Gasteiger partial charge in [0.05, 0.1) is 35.5 Å². The molecule has 0 saturated carbocycles. The summed E-state index contributed by atoms with van der Waals surface area (Å²) in [6.07, 6.45) is 0.424.